The summed E-state index contributed by atoms with van der Waals surface area (Å²) in [6, 6.07) is -0.275. The number of carbonyl (C=O) groups excluding carboxylic acids is 1. The van der Waals surface area contributed by atoms with E-state index >= 15 is 0 Å². The first-order valence-electron chi connectivity index (χ1n) is 5.35. The van der Waals surface area contributed by atoms with Crippen molar-refractivity contribution in [2.45, 2.75) is 6.04 Å². The first-order valence-corrected chi connectivity index (χ1v) is 6.96. The summed E-state index contributed by atoms with van der Waals surface area (Å²) >= 11 is 0. The molecule has 0 amide bonds. The van der Waals surface area contributed by atoms with Crippen LogP contribution in [-0.4, -0.2) is 75.7 Å². The maximum atomic E-state index is 12.0. The molecule has 1 heterocycles. The van der Waals surface area contributed by atoms with Crippen molar-refractivity contribution >= 4 is 16.0 Å². The highest BCUT2D eigenvalue weighted by Crippen LogP contribution is 2.13. The molecule has 1 saturated heterocycles. The van der Waals surface area contributed by atoms with Gasteiger partial charge in [0.1, 0.15) is 0 Å². The third kappa shape index (κ3) is 3.63. The van der Waals surface area contributed by atoms with Gasteiger partial charge in [0.05, 0.1) is 7.11 Å². The molecule has 1 rings (SSSR count). The van der Waals surface area contributed by atoms with Gasteiger partial charge < -0.3 is 15.4 Å². The third-order valence-electron chi connectivity index (χ3n) is 2.79. The molecule has 0 bridgehead atoms. The van der Waals surface area contributed by atoms with E-state index in [0.29, 0.717) is 19.6 Å². The lowest BCUT2D eigenvalue weighted by Crippen LogP contribution is -2.57. The second-order valence-corrected chi connectivity index (χ2v) is 6.02. The molecular formula is C9H19N3O4S. The summed E-state index contributed by atoms with van der Waals surface area (Å²) in [6.45, 7) is 1.82. The summed E-state index contributed by atoms with van der Waals surface area (Å²) in [5.74, 6) is -1.37. The highest BCUT2D eigenvalue weighted by atomic mass is 32.2. The van der Waals surface area contributed by atoms with Crippen LogP contribution >= 0.6 is 0 Å². The minimum atomic E-state index is -3.63. The Labute approximate surface area is 102 Å². The van der Waals surface area contributed by atoms with Gasteiger partial charge in [-0.05, 0) is 7.05 Å². The lowest BCUT2D eigenvalue weighted by atomic mass is 10.2. The second-order valence-electron chi connectivity index (χ2n) is 4.09. The minimum absolute atomic E-state index is 0.241. The van der Waals surface area contributed by atoms with Crippen LogP contribution in [0.3, 0.4) is 0 Å². The average Bonchev–Trinajstić information content (AvgIpc) is 2.27. The first-order chi connectivity index (χ1) is 7.90. The third-order valence-corrected chi connectivity index (χ3v) is 4.58. The van der Waals surface area contributed by atoms with Crippen LogP contribution < -0.4 is 5.73 Å². The van der Waals surface area contributed by atoms with Gasteiger partial charge in [0.25, 0.3) is 0 Å². The lowest BCUT2D eigenvalue weighted by Gasteiger charge is -2.38. The van der Waals surface area contributed by atoms with Gasteiger partial charge in [-0.2, -0.15) is 4.31 Å². The number of piperazine rings is 1. The molecular weight excluding hydrogens is 246 g/mol. The molecule has 0 aromatic heterocycles. The van der Waals surface area contributed by atoms with Crippen molar-refractivity contribution in [2.24, 2.45) is 5.73 Å². The van der Waals surface area contributed by atoms with Crippen LogP contribution in [0.25, 0.3) is 0 Å². The van der Waals surface area contributed by atoms with E-state index in [0.717, 1.165) is 0 Å². The molecule has 1 atom stereocenters. The van der Waals surface area contributed by atoms with Gasteiger partial charge in [-0.15, -0.1) is 0 Å². The molecule has 8 heteroatoms. The number of carbonyl (C=O) groups is 1. The summed E-state index contributed by atoms with van der Waals surface area (Å²) in [4.78, 5) is 13.1. The highest BCUT2D eigenvalue weighted by molar-refractivity contribution is 7.89. The first kappa shape index (κ1) is 14.4. The van der Waals surface area contributed by atoms with Gasteiger partial charge in [-0.3, -0.25) is 4.79 Å². The van der Waals surface area contributed by atoms with Gasteiger partial charge in [-0.1, -0.05) is 0 Å². The maximum Gasteiger partial charge on any atom is 0.322 e. The van der Waals surface area contributed by atoms with E-state index in [1.54, 1.807) is 0 Å². The average molecular weight is 265 g/mol. The number of esters is 1. The number of nitrogens with zero attached hydrogens (tertiary/aromatic N) is 2. The van der Waals surface area contributed by atoms with Gasteiger partial charge in [-0.25, -0.2) is 8.42 Å². The van der Waals surface area contributed by atoms with Crippen LogP contribution in [-0.2, 0) is 19.6 Å². The van der Waals surface area contributed by atoms with Crippen molar-refractivity contribution in [3.8, 4) is 0 Å². The largest absolute Gasteiger partial charge is 0.468 e. The van der Waals surface area contributed by atoms with Crippen LogP contribution in [0.5, 0.6) is 0 Å². The molecule has 0 spiro atoms. The number of nitrogens with two attached hydrogens (primary N) is 1. The van der Waals surface area contributed by atoms with Crippen molar-refractivity contribution in [3.05, 3.63) is 0 Å². The number of hydrogen-bond acceptors (Lipinski definition) is 6. The van der Waals surface area contributed by atoms with Crippen molar-refractivity contribution in [2.75, 3.05) is 46.1 Å². The van der Waals surface area contributed by atoms with Gasteiger partial charge >= 0.3 is 5.97 Å². The number of ether oxygens (including phenoxy) is 1. The summed E-state index contributed by atoms with van der Waals surface area (Å²) in [5.41, 5.74) is 5.57. The number of hydrogen-bond donors (Lipinski definition) is 1. The van der Waals surface area contributed by atoms with Gasteiger partial charge in [0, 0.05) is 32.2 Å². The van der Waals surface area contributed by atoms with Crippen molar-refractivity contribution in [1.82, 2.24) is 9.21 Å². The number of sulfonamides is 1. The van der Waals surface area contributed by atoms with Crippen LogP contribution in [0.4, 0.5) is 0 Å². The minimum Gasteiger partial charge on any atom is -0.468 e. The molecule has 0 aromatic rings. The monoisotopic (exact) mass is 265 g/mol. The van der Waals surface area contributed by atoms with Gasteiger partial charge in [0.15, 0.2) is 5.75 Å². The zero-order valence-electron chi connectivity index (χ0n) is 10.1. The Bertz CT molecular complexity index is 370. The Balaban J connectivity index is 2.79. The summed E-state index contributed by atoms with van der Waals surface area (Å²) < 4.78 is 29.7. The molecule has 0 aromatic carbocycles. The predicted molar refractivity (Wildman–Crippen MR) is 62.8 cm³/mol. The van der Waals surface area contributed by atoms with Crippen LogP contribution in [0.1, 0.15) is 0 Å². The van der Waals surface area contributed by atoms with Crippen LogP contribution in [0.15, 0.2) is 0 Å². The molecule has 0 saturated carbocycles. The van der Waals surface area contributed by atoms with Gasteiger partial charge in [0.2, 0.25) is 10.0 Å². The number of rotatable bonds is 4. The molecule has 7 nitrogen and oxygen atoms in total. The van der Waals surface area contributed by atoms with E-state index < -0.39 is 21.7 Å². The summed E-state index contributed by atoms with van der Waals surface area (Å²) in [5, 5.41) is 0. The van der Waals surface area contributed by atoms with E-state index in [-0.39, 0.29) is 12.6 Å². The van der Waals surface area contributed by atoms with E-state index in [1.807, 2.05) is 11.9 Å². The molecule has 1 aliphatic rings. The number of likely N-dealkylation sites (N-methyl/N-ethyl adjacent to an activating group) is 1. The topological polar surface area (TPSA) is 92.9 Å². The quantitative estimate of drug-likeness (QED) is 0.595. The maximum absolute atomic E-state index is 12.0. The zero-order valence-corrected chi connectivity index (χ0v) is 10.9. The molecule has 2 N–H and O–H groups in total. The fraction of sp³-hybridized carbons (Fsp3) is 0.889. The van der Waals surface area contributed by atoms with Crippen molar-refractivity contribution < 1.29 is 17.9 Å². The fourth-order valence-electron chi connectivity index (χ4n) is 1.84. The van der Waals surface area contributed by atoms with Crippen molar-refractivity contribution in [1.29, 1.82) is 0 Å². The summed E-state index contributed by atoms with van der Waals surface area (Å²) in [7, 11) is -0.549. The fourth-order valence-corrected chi connectivity index (χ4v) is 3.39. The lowest BCUT2D eigenvalue weighted by molar-refractivity contribution is -0.137. The normalized spacial score (nSPS) is 23.6. The Morgan fingerprint density at radius 2 is 2.12 bits per heavy atom. The van der Waals surface area contributed by atoms with E-state index in [1.165, 1.54) is 11.4 Å². The zero-order chi connectivity index (χ0) is 13.1. The molecule has 17 heavy (non-hydrogen) atoms. The van der Waals surface area contributed by atoms with E-state index in [2.05, 4.69) is 4.74 Å². The molecule has 0 aliphatic carbocycles. The van der Waals surface area contributed by atoms with E-state index in [9.17, 15) is 13.2 Å². The highest BCUT2D eigenvalue weighted by Gasteiger charge is 2.34. The Morgan fingerprint density at radius 1 is 1.47 bits per heavy atom. The Hall–Kier alpha value is -0.700. The SMILES string of the molecule is COC(=O)CS(=O)(=O)N1CCN(C)CC1CN. The molecule has 1 fully saturated rings. The summed E-state index contributed by atoms with van der Waals surface area (Å²) in [6.07, 6.45) is 0. The molecule has 1 aliphatic heterocycles. The van der Waals surface area contributed by atoms with Crippen LogP contribution in [0.2, 0.25) is 0 Å². The smallest absolute Gasteiger partial charge is 0.322 e. The van der Waals surface area contributed by atoms with Crippen LogP contribution in [0, 0.1) is 0 Å². The molecule has 1 unspecified atom stereocenters. The number of methoxy groups -OCH3 is 1. The standard InChI is InChI=1S/C9H19N3O4S/c1-11-3-4-12(8(5-10)6-11)17(14,15)7-9(13)16-2/h8H,3-7,10H2,1-2H3. The second kappa shape index (κ2) is 5.76. The van der Waals surface area contributed by atoms with E-state index in [4.69, 9.17) is 5.73 Å². The molecule has 100 valence electrons. The predicted octanol–water partition coefficient (Wildman–Crippen LogP) is -1.94. The Morgan fingerprint density at radius 3 is 2.65 bits per heavy atom. The van der Waals surface area contributed by atoms with Crippen molar-refractivity contribution in [3.63, 3.8) is 0 Å². The Kier molecular flexibility index (Phi) is 4.87. The molecule has 0 radical (unpaired) electrons.